The van der Waals surface area contributed by atoms with Crippen LogP contribution in [0.4, 0.5) is 20.4 Å². The molecule has 0 N–H and O–H groups in total. The van der Waals surface area contributed by atoms with Crippen molar-refractivity contribution in [2.45, 2.75) is 25.2 Å². The SMILES string of the molecule is Cn1cnc(N2CCN(c3cc(C(F)F)nc(C4CC4)n3)CC2)cc1=O. The summed E-state index contributed by atoms with van der Waals surface area (Å²) in [6.07, 6.45) is 0.842. The molecule has 7 nitrogen and oxygen atoms in total. The van der Waals surface area contributed by atoms with E-state index in [0.29, 0.717) is 43.6 Å². The first-order valence-corrected chi connectivity index (χ1v) is 8.71. The largest absolute Gasteiger partial charge is 0.353 e. The molecule has 0 aromatic carbocycles. The fraction of sp³-hybridized carbons (Fsp3) is 0.529. The predicted molar refractivity (Wildman–Crippen MR) is 92.9 cm³/mol. The van der Waals surface area contributed by atoms with Crippen LogP contribution >= 0.6 is 0 Å². The summed E-state index contributed by atoms with van der Waals surface area (Å²) in [5.74, 6) is 1.96. The summed E-state index contributed by atoms with van der Waals surface area (Å²) in [6, 6.07) is 2.91. The number of aryl methyl sites for hydroxylation is 1. The minimum atomic E-state index is -2.60. The highest BCUT2D eigenvalue weighted by molar-refractivity contribution is 5.45. The second-order valence-electron chi connectivity index (χ2n) is 6.75. The van der Waals surface area contributed by atoms with Crippen LogP contribution in [0.5, 0.6) is 0 Å². The van der Waals surface area contributed by atoms with Crippen LogP contribution in [-0.2, 0) is 7.05 Å². The third-order valence-electron chi connectivity index (χ3n) is 4.81. The van der Waals surface area contributed by atoms with Gasteiger partial charge in [-0.2, -0.15) is 0 Å². The van der Waals surface area contributed by atoms with E-state index in [1.54, 1.807) is 7.05 Å². The molecule has 3 heterocycles. The molecule has 0 atom stereocenters. The third kappa shape index (κ3) is 3.38. The molecule has 2 aromatic heterocycles. The molecule has 1 aliphatic carbocycles. The smallest absolute Gasteiger partial charge is 0.280 e. The maximum atomic E-state index is 13.2. The topological polar surface area (TPSA) is 67.2 Å². The van der Waals surface area contributed by atoms with Crippen molar-refractivity contribution in [1.29, 1.82) is 0 Å². The molecule has 0 unspecified atom stereocenters. The van der Waals surface area contributed by atoms with Crippen molar-refractivity contribution in [2.75, 3.05) is 36.0 Å². The maximum absolute atomic E-state index is 13.2. The van der Waals surface area contributed by atoms with Crippen molar-refractivity contribution in [3.8, 4) is 0 Å². The summed E-state index contributed by atoms with van der Waals surface area (Å²) < 4.78 is 27.8. The second kappa shape index (κ2) is 6.62. The number of anilines is 2. The van der Waals surface area contributed by atoms with Crippen LogP contribution < -0.4 is 15.4 Å². The molecule has 1 saturated carbocycles. The normalized spacial score (nSPS) is 17.8. The summed E-state index contributed by atoms with van der Waals surface area (Å²) in [4.78, 5) is 28.6. The zero-order chi connectivity index (χ0) is 18.3. The Hall–Kier alpha value is -2.58. The molecule has 9 heteroatoms. The quantitative estimate of drug-likeness (QED) is 0.825. The lowest BCUT2D eigenvalue weighted by Gasteiger charge is -2.36. The second-order valence-corrected chi connectivity index (χ2v) is 6.75. The summed E-state index contributed by atoms with van der Waals surface area (Å²) in [7, 11) is 1.66. The highest BCUT2D eigenvalue weighted by atomic mass is 19.3. The zero-order valence-electron chi connectivity index (χ0n) is 14.5. The minimum Gasteiger partial charge on any atom is -0.353 e. The number of alkyl halides is 2. The molecule has 2 fully saturated rings. The molecule has 0 bridgehead atoms. The fourth-order valence-corrected chi connectivity index (χ4v) is 3.06. The fourth-order valence-electron chi connectivity index (χ4n) is 3.06. The average Bonchev–Trinajstić information content (AvgIpc) is 3.49. The molecular formula is C17H20F2N6O. The van der Waals surface area contributed by atoms with Crippen molar-refractivity contribution < 1.29 is 8.78 Å². The lowest BCUT2D eigenvalue weighted by molar-refractivity contribution is 0.145. The predicted octanol–water partition coefficient (Wildman–Crippen LogP) is 1.71. The molecule has 2 aliphatic rings. The van der Waals surface area contributed by atoms with Crippen LogP contribution in [0, 0.1) is 0 Å². The Morgan fingerprint density at radius 2 is 1.69 bits per heavy atom. The van der Waals surface area contributed by atoms with Crippen LogP contribution in [0.1, 0.15) is 36.7 Å². The van der Waals surface area contributed by atoms with E-state index in [-0.39, 0.29) is 17.2 Å². The Kier molecular flexibility index (Phi) is 4.29. The molecule has 1 aliphatic heterocycles. The minimum absolute atomic E-state index is 0.108. The number of halogens is 2. The van der Waals surface area contributed by atoms with Crippen molar-refractivity contribution in [1.82, 2.24) is 19.5 Å². The van der Waals surface area contributed by atoms with Gasteiger partial charge in [0.15, 0.2) is 0 Å². The molecule has 4 rings (SSSR count). The number of piperazine rings is 1. The van der Waals surface area contributed by atoms with Gasteiger partial charge in [0.1, 0.15) is 23.2 Å². The Morgan fingerprint density at radius 3 is 2.27 bits per heavy atom. The van der Waals surface area contributed by atoms with Crippen molar-refractivity contribution in [2.24, 2.45) is 7.05 Å². The number of hydrogen-bond acceptors (Lipinski definition) is 6. The van der Waals surface area contributed by atoms with Gasteiger partial charge in [-0.05, 0) is 12.8 Å². The Bertz CT molecular complexity index is 838. The van der Waals surface area contributed by atoms with Gasteiger partial charge in [0.2, 0.25) is 0 Å². The monoisotopic (exact) mass is 362 g/mol. The highest BCUT2D eigenvalue weighted by Crippen LogP contribution is 2.39. The van der Waals surface area contributed by atoms with Crippen LogP contribution in [0.25, 0.3) is 0 Å². The van der Waals surface area contributed by atoms with Gasteiger partial charge < -0.3 is 14.4 Å². The Morgan fingerprint density at radius 1 is 1.04 bits per heavy atom. The molecule has 0 radical (unpaired) electrons. The van der Waals surface area contributed by atoms with Crippen molar-refractivity contribution >= 4 is 11.6 Å². The van der Waals surface area contributed by atoms with Gasteiger partial charge in [0.25, 0.3) is 12.0 Å². The first kappa shape index (κ1) is 16.9. The first-order chi connectivity index (χ1) is 12.5. The van der Waals surface area contributed by atoms with E-state index >= 15 is 0 Å². The molecule has 0 amide bonds. The summed E-state index contributed by atoms with van der Waals surface area (Å²) in [5, 5.41) is 0. The summed E-state index contributed by atoms with van der Waals surface area (Å²) >= 11 is 0. The van der Waals surface area contributed by atoms with Crippen molar-refractivity contribution in [3.05, 3.63) is 40.3 Å². The summed E-state index contributed by atoms with van der Waals surface area (Å²) in [5.41, 5.74) is -0.309. The molecule has 138 valence electrons. The van der Waals surface area contributed by atoms with Gasteiger partial charge in [-0.3, -0.25) is 4.79 Å². The number of hydrogen-bond donors (Lipinski definition) is 0. The highest BCUT2D eigenvalue weighted by Gasteiger charge is 2.29. The number of aromatic nitrogens is 4. The van der Waals surface area contributed by atoms with E-state index in [4.69, 9.17) is 0 Å². The molecule has 2 aromatic rings. The third-order valence-corrected chi connectivity index (χ3v) is 4.81. The lowest BCUT2D eigenvalue weighted by atomic mass is 10.2. The lowest BCUT2D eigenvalue weighted by Crippen LogP contribution is -2.47. The van der Waals surface area contributed by atoms with Crippen LogP contribution in [0.15, 0.2) is 23.3 Å². The van der Waals surface area contributed by atoms with E-state index in [2.05, 4.69) is 15.0 Å². The number of nitrogens with zero attached hydrogens (tertiary/aromatic N) is 6. The summed E-state index contributed by atoms with van der Waals surface area (Å²) in [6.45, 7) is 2.54. The Balaban J connectivity index is 1.50. The molecule has 0 spiro atoms. The van der Waals surface area contributed by atoms with Crippen LogP contribution in [0.3, 0.4) is 0 Å². The molecular weight excluding hydrogens is 342 g/mol. The molecule has 26 heavy (non-hydrogen) atoms. The number of rotatable bonds is 4. The van der Waals surface area contributed by atoms with E-state index in [0.717, 1.165) is 12.8 Å². The van der Waals surface area contributed by atoms with Crippen LogP contribution in [0.2, 0.25) is 0 Å². The Labute approximate surface area is 149 Å². The van der Waals surface area contributed by atoms with Gasteiger partial charge in [0.05, 0.1) is 6.33 Å². The van der Waals surface area contributed by atoms with Gasteiger partial charge >= 0.3 is 0 Å². The molecule has 1 saturated heterocycles. The average molecular weight is 362 g/mol. The van der Waals surface area contributed by atoms with Gasteiger partial charge in [-0.15, -0.1) is 0 Å². The standard InChI is InChI=1S/C17H20F2N6O/c1-23-10-20-13(9-15(23)26)24-4-6-25(7-5-24)14-8-12(16(18)19)21-17(22-14)11-2-3-11/h8-11,16H,2-7H2,1H3. The van der Waals surface area contributed by atoms with E-state index in [1.807, 2.05) is 9.80 Å². The van der Waals surface area contributed by atoms with Crippen LogP contribution in [-0.4, -0.2) is 45.7 Å². The maximum Gasteiger partial charge on any atom is 0.280 e. The van der Waals surface area contributed by atoms with E-state index in [1.165, 1.54) is 23.0 Å². The first-order valence-electron chi connectivity index (χ1n) is 8.71. The van der Waals surface area contributed by atoms with E-state index < -0.39 is 6.43 Å². The zero-order valence-corrected chi connectivity index (χ0v) is 14.5. The van der Waals surface area contributed by atoms with E-state index in [9.17, 15) is 13.6 Å². The van der Waals surface area contributed by atoms with Gasteiger partial charge in [-0.25, -0.2) is 23.7 Å². The van der Waals surface area contributed by atoms with Gasteiger partial charge in [-0.1, -0.05) is 0 Å². The van der Waals surface area contributed by atoms with Crippen molar-refractivity contribution in [3.63, 3.8) is 0 Å². The van der Waals surface area contributed by atoms with Gasteiger partial charge in [0, 0.05) is 51.3 Å².